The summed E-state index contributed by atoms with van der Waals surface area (Å²) < 4.78 is 30.5. The van der Waals surface area contributed by atoms with Crippen LogP contribution in [0, 0.1) is 0 Å². The van der Waals surface area contributed by atoms with Crippen LogP contribution >= 0.6 is 0 Å². The molecule has 1 amide bonds. The lowest BCUT2D eigenvalue weighted by Gasteiger charge is -2.29. The van der Waals surface area contributed by atoms with Gasteiger partial charge in [0, 0.05) is 31.9 Å². The highest BCUT2D eigenvalue weighted by molar-refractivity contribution is 7.88. The summed E-state index contributed by atoms with van der Waals surface area (Å²) in [6.45, 7) is 5.65. The molecular formula is C17H27N3O4S. The minimum absolute atomic E-state index is 0.182. The minimum Gasteiger partial charge on any atom is -0.379 e. The van der Waals surface area contributed by atoms with E-state index in [2.05, 4.69) is 17.1 Å². The zero-order valence-corrected chi connectivity index (χ0v) is 15.7. The summed E-state index contributed by atoms with van der Waals surface area (Å²) in [5.74, 6) is -0.336. The zero-order chi connectivity index (χ0) is 18.3. The van der Waals surface area contributed by atoms with E-state index in [0.717, 1.165) is 25.8 Å². The van der Waals surface area contributed by atoms with E-state index in [9.17, 15) is 13.2 Å². The first kappa shape index (κ1) is 19.8. The van der Waals surface area contributed by atoms with E-state index in [1.165, 1.54) is 9.87 Å². The molecule has 1 aliphatic heterocycles. The Kier molecular flexibility index (Phi) is 7.37. The van der Waals surface area contributed by atoms with E-state index in [1.807, 2.05) is 24.3 Å². The van der Waals surface area contributed by atoms with Gasteiger partial charge in [-0.15, -0.1) is 0 Å². The van der Waals surface area contributed by atoms with E-state index in [4.69, 9.17) is 4.74 Å². The molecule has 1 aromatic carbocycles. The minimum atomic E-state index is -3.45. The number of hydrogen-bond acceptors (Lipinski definition) is 5. The number of nitrogens with one attached hydrogen (secondary N) is 1. The van der Waals surface area contributed by atoms with Crippen LogP contribution in [0.25, 0.3) is 0 Å². The Bertz CT molecular complexity index is 655. The van der Waals surface area contributed by atoms with E-state index in [1.54, 1.807) is 0 Å². The third kappa shape index (κ3) is 6.74. The van der Waals surface area contributed by atoms with Gasteiger partial charge in [-0.05, 0) is 24.1 Å². The van der Waals surface area contributed by atoms with Crippen molar-refractivity contribution >= 4 is 21.6 Å². The molecule has 0 atom stereocenters. The van der Waals surface area contributed by atoms with Crippen LogP contribution < -0.4 is 5.32 Å². The Labute approximate surface area is 150 Å². The smallest absolute Gasteiger partial charge is 0.239 e. The highest BCUT2D eigenvalue weighted by atomic mass is 32.2. The largest absolute Gasteiger partial charge is 0.379 e. The summed E-state index contributed by atoms with van der Waals surface area (Å²) in [4.78, 5) is 14.4. The van der Waals surface area contributed by atoms with Gasteiger partial charge in [-0.2, -0.15) is 4.31 Å². The maximum Gasteiger partial charge on any atom is 0.239 e. The maximum atomic E-state index is 12.2. The molecule has 0 aromatic heterocycles. The number of amides is 1. The van der Waals surface area contributed by atoms with Gasteiger partial charge in [0.25, 0.3) is 0 Å². The number of carbonyl (C=O) groups is 1. The Balaban J connectivity index is 1.89. The summed E-state index contributed by atoms with van der Waals surface area (Å²) in [5.41, 5.74) is 1.85. The molecule has 1 N–H and O–H groups in total. The van der Waals surface area contributed by atoms with E-state index >= 15 is 0 Å². The Hall–Kier alpha value is -1.48. The van der Waals surface area contributed by atoms with Crippen LogP contribution in [0.2, 0.25) is 0 Å². The standard InChI is InChI=1S/C17H27N3O4S/c1-3-15-4-6-16(7-5-15)18-17(21)14-20(25(2,22)23)9-8-19-10-12-24-13-11-19/h4-7H,3,8-14H2,1-2H3,(H,18,21). The van der Waals surface area contributed by atoms with Crippen molar-refractivity contribution < 1.29 is 17.9 Å². The Morgan fingerprint density at radius 3 is 2.44 bits per heavy atom. The number of benzene rings is 1. The van der Waals surface area contributed by atoms with Crippen molar-refractivity contribution in [2.75, 3.05) is 57.5 Å². The second-order valence-corrected chi connectivity index (χ2v) is 8.13. The van der Waals surface area contributed by atoms with Crippen LogP contribution in [0.4, 0.5) is 5.69 Å². The quantitative estimate of drug-likeness (QED) is 0.733. The topological polar surface area (TPSA) is 79.0 Å². The molecule has 1 aliphatic rings. The third-order valence-corrected chi connectivity index (χ3v) is 5.45. The molecule has 140 valence electrons. The number of anilines is 1. The number of nitrogens with zero attached hydrogens (tertiary/aromatic N) is 2. The summed E-state index contributed by atoms with van der Waals surface area (Å²) in [6.07, 6.45) is 2.06. The zero-order valence-electron chi connectivity index (χ0n) is 14.9. The number of hydrogen-bond donors (Lipinski definition) is 1. The van der Waals surface area contributed by atoms with Gasteiger partial charge in [-0.25, -0.2) is 8.42 Å². The number of sulfonamides is 1. The van der Waals surface area contributed by atoms with Gasteiger partial charge < -0.3 is 10.1 Å². The molecule has 0 bridgehead atoms. The third-order valence-electron chi connectivity index (χ3n) is 4.20. The van der Waals surface area contributed by atoms with Crippen LogP contribution in [0.5, 0.6) is 0 Å². The van der Waals surface area contributed by atoms with Crippen molar-refractivity contribution in [1.29, 1.82) is 0 Å². The normalized spacial score (nSPS) is 16.1. The molecule has 1 heterocycles. The molecule has 1 saturated heterocycles. The van der Waals surface area contributed by atoms with E-state index < -0.39 is 10.0 Å². The average molecular weight is 369 g/mol. The maximum absolute atomic E-state index is 12.2. The lowest BCUT2D eigenvalue weighted by molar-refractivity contribution is -0.116. The van der Waals surface area contributed by atoms with E-state index in [-0.39, 0.29) is 12.5 Å². The molecule has 0 unspecified atom stereocenters. The first-order valence-electron chi connectivity index (χ1n) is 8.52. The average Bonchev–Trinajstić information content (AvgIpc) is 2.59. The van der Waals surface area contributed by atoms with Crippen LogP contribution in [0.3, 0.4) is 0 Å². The predicted octanol–water partition coefficient (Wildman–Crippen LogP) is 0.781. The van der Waals surface area contributed by atoms with Gasteiger partial charge in [0.2, 0.25) is 15.9 Å². The number of rotatable bonds is 8. The fourth-order valence-electron chi connectivity index (χ4n) is 2.62. The first-order valence-corrected chi connectivity index (χ1v) is 10.4. The van der Waals surface area contributed by atoms with Crippen LogP contribution in [-0.2, 0) is 26.0 Å². The van der Waals surface area contributed by atoms with Crippen molar-refractivity contribution in [2.45, 2.75) is 13.3 Å². The number of morpholine rings is 1. The number of carbonyl (C=O) groups excluding carboxylic acids is 1. The molecule has 8 heteroatoms. The molecule has 2 rings (SSSR count). The Morgan fingerprint density at radius 2 is 1.88 bits per heavy atom. The molecule has 1 aromatic rings. The lowest BCUT2D eigenvalue weighted by atomic mass is 10.1. The van der Waals surface area contributed by atoms with Gasteiger partial charge >= 0.3 is 0 Å². The number of ether oxygens (including phenoxy) is 1. The van der Waals surface area contributed by atoms with Crippen LogP contribution in [-0.4, -0.2) is 75.7 Å². The second kappa shape index (κ2) is 9.28. The lowest BCUT2D eigenvalue weighted by Crippen LogP contribution is -2.45. The molecule has 0 spiro atoms. The molecule has 1 fully saturated rings. The summed E-state index contributed by atoms with van der Waals surface area (Å²) in [6, 6.07) is 7.55. The van der Waals surface area contributed by atoms with Gasteiger partial charge in [-0.1, -0.05) is 19.1 Å². The predicted molar refractivity (Wildman–Crippen MR) is 98.1 cm³/mol. The second-order valence-electron chi connectivity index (χ2n) is 6.15. The Morgan fingerprint density at radius 1 is 1.24 bits per heavy atom. The highest BCUT2D eigenvalue weighted by Gasteiger charge is 2.21. The summed E-state index contributed by atoms with van der Waals surface area (Å²) in [5, 5.41) is 2.76. The van der Waals surface area contributed by atoms with E-state index in [0.29, 0.717) is 32.0 Å². The van der Waals surface area contributed by atoms with Crippen LogP contribution in [0.15, 0.2) is 24.3 Å². The van der Waals surface area contributed by atoms with Crippen molar-refractivity contribution in [3.63, 3.8) is 0 Å². The SMILES string of the molecule is CCc1ccc(NC(=O)CN(CCN2CCOCC2)S(C)(=O)=O)cc1. The van der Waals surface area contributed by atoms with Crippen molar-refractivity contribution in [2.24, 2.45) is 0 Å². The fraction of sp³-hybridized carbons (Fsp3) is 0.588. The molecule has 25 heavy (non-hydrogen) atoms. The van der Waals surface area contributed by atoms with Crippen LogP contribution in [0.1, 0.15) is 12.5 Å². The summed E-state index contributed by atoms with van der Waals surface area (Å²) in [7, 11) is -3.45. The van der Waals surface area contributed by atoms with Gasteiger partial charge in [-0.3, -0.25) is 9.69 Å². The summed E-state index contributed by atoms with van der Waals surface area (Å²) >= 11 is 0. The highest BCUT2D eigenvalue weighted by Crippen LogP contribution is 2.10. The monoisotopic (exact) mass is 369 g/mol. The molecule has 0 saturated carbocycles. The number of aryl methyl sites for hydroxylation is 1. The first-order chi connectivity index (χ1) is 11.9. The molecule has 0 radical (unpaired) electrons. The van der Waals surface area contributed by atoms with Crippen molar-refractivity contribution in [1.82, 2.24) is 9.21 Å². The van der Waals surface area contributed by atoms with Gasteiger partial charge in [0.15, 0.2) is 0 Å². The molecular weight excluding hydrogens is 342 g/mol. The molecule has 7 nitrogen and oxygen atoms in total. The molecule has 0 aliphatic carbocycles. The fourth-order valence-corrected chi connectivity index (χ4v) is 3.39. The van der Waals surface area contributed by atoms with Gasteiger partial charge in [0.05, 0.1) is 26.0 Å². The van der Waals surface area contributed by atoms with Gasteiger partial charge in [0.1, 0.15) is 0 Å². The van der Waals surface area contributed by atoms with Crippen molar-refractivity contribution in [3.05, 3.63) is 29.8 Å². The van der Waals surface area contributed by atoms with Crippen molar-refractivity contribution in [3.8, 4) is 0 Å².